The molecule has 0 spiro atoms. The Hall–Kier alpha value is -0.490. The van der Waals surface area contributed by atoms with Gasteiger partial charge in [-0.2, -0.15) is 0 Å². The smallest absolute Gasteiger partial charge is 0.129 e. The van der Waals surface area contributed by atoms with Gasteiger partial charge in [0.2, 0.25) is 0 Å². The molecule has 0 aliphatic carbocycles. The Labute approximate surface area is 100 Å². The lowest BCUT2D eigenvalue weighted by atomic mass is 10.2. The number of anilines is 1. The summed E-state index contributed by atoms with van der Waals surface area (Å²) in [5.41, 5.74) is 6.72. The molecule has 0 fully saturated rings. The maximum Gasteiger partial charge on any atom is 0.129 e. The Morgan fingerprint density at radius 1 is 1.50 bits per heavy atom. The highest BCUT2D eigenvalue weighted by Crippen LogP contribution is 2.38. The van der Waals surface area contributed by atoms with Crippen LogP contribution in [-0.2, 0) is 0 Å². The number of nitrogens with two attached hydrogens (primary N) is 1. The van der Waals surface area contributed by atoms with Crippen molar-refractivity contribution in [1.29, 1.82) is 0 Å². The van der Waals surface area contributed by atoms with Crippen molar-refractivity contribution in [2.45, 2.75) is 6.92 Å². The fraction of sp³-hybridized carbons (Fsp3) is 0.200. The summed E-state index contributed by atoms with van der Waals surface area (Å²) >= 11 is 3.98. The predicted molar refractivity (Wildman–Crippen MR) is 70.1 cm³/mol. The zero-order chi connectivity index (χ0) is 10.1. The third-order valence-electron chi connectivity index (χ3n) is 1.97. The SMILES string of the molecule is CCOc1ccc(N)c2scc(I)c12. The molecule has 0 aliphatic rings. The van der Waals surface area contributed by atoms with Crippen molar-refractivity contribution in [1.82, 2.24) is 0 Å². The highest BCUT2D eigenvalue weighted by molar-refractivity contribution is 14.1. The number of ether oxygens (including phenoxy) is 1. The van der Waals surface area contributed by atoms with Gasteiger partial charge in [0.1, 0.15) is 5.75 Å². The summed E-state index contributed by atoms with van der Waals surface area (Å²) < 4.78 is 7.89. The van der Waals surface area contributed by atoms with E-state index < -0.39 is 0 Å². The van der Waals surface area contributed by atoms with Crippen LogP contribution >= 0.6 is 33.9 Å². The first-order valence-corrected chi connectivity index (χ1v) is 6.28. The summed E-state index contributed by atoms with van der Waals surface area (Å²) in [5, 5.41) is 3.25. The highest BCUT2D eigenvalue weighted by atomic mass is 127. The van der Waals surface area contributed by atoms with Gasteiger partial charge in [0.15, 0.2) is 0 Å². The molecule has 4 heteroatoms. The normalized spacial score (nSPS) is 10.7. The van der Waals surface area contributed by atoms with Crippen LogP contribution in [0.3, 0.4) is 0 Å². The van der Waals surface area contributed by atoms with E-state index >= 15 is 0 Å². The minimum atomic E-state index is 0.685. The number of fused-ring (bicyclic) bond motifs is 1. The van der Waals surface area contributed by atoms with Crippen molar-refractivity contribution in [2.75, 3.05) is 12.3 Å². The van der Waals surface area contributed by atoms with E-state index in [0.717, 1.165) is 21.5 Å². The predicted octanol–water partition coefficient (Wildman–Crippen LogP) is 3.49. The van der Waals surface area contributed by atoms with Gasteiger partial charge in [-0.05, 0) is 41.6 Å². The van der Waals surface area contributed by atoms with Gasteiger partial charge in [-0.1, -0.05) is 0 Å². The van der Waals surface area contributed by atoms with Crippen LogP contribution in [0.1, 0.15) is 6.92 Å². The number of halogens is 1. The average molecular weight is 319 g/mol. The molecule has 74 valence electrons. The maximum atomic E-state index is 5.89. The van der Waals surface area contributed by atoms with Gasteiger partial charge < -0.3 is 10.5 Å². The molecule has 0 radical (unpaired) electrons. The molecule has 1 aromatic carbocycles. The quantitative estimate of drug-likeness (QED) is 0.679. The zero-order valence-corrected chi connectivity index (χ0v) is 10.7. The highest BCUT2D eigenvalue weighted by Gasteiger charge is 2.10. The molecule has 0 bridgehead atoms. The van der Waals surface area contributed by atoms with E-state index in [0.29, 0.717) is 6.61 Å². The van der Waals surface area contributed by atoms with Gasteiger partial charge in [-0.3, -0.25) is 0 Å². The van der Waals surface area contributed by atoms with Crippen LogP contribution < -0.4 is 10.5 Å². The van der Waals surface area contributed by atoms with E-state index in [1.807, 2.05) is 19.1 Å². The molecule has 0 saturated carbocycles. The minimum Gasteiger partial charge on any atom is -0.493 e. The molecule has 14 heavy (non-hydrogen) atoms. The summed E-state index contributed by atoms with van der Waals surface area (Å²) in [4.78, 5) is 0. The first-order chi connectivity index (χ1) is 6.74. The Morgan fingerprint density at radius 3 is 3.00 bits per heavy atom. The minimum absolute atomic E-state index is 0.685. The Balaban J connectivity index is 2.72. The number of hydrogen-bond donors (Lipinski definition) is 1. The summed E-state index contributed by atoms with van der Waals surface area (Å²) in [7, 11) is 0. The van der Waals surface area contributed by atoms with Gasteiger partial charge in [-0.15, -0.1) is 11.3 Å². The fourth-order valence-corrected chi connectivity index (χ4v) is 3.35. The third-order valence-corrected chi connectivity index (χ3v) is 4.27. The van der Waals surface area contributed by atoms with Gasteiger partial charge in [0.05, 0.1) is 11.3 Å². The van der Waals surface area contributed by atoms with Crippen LogP contribution in [0.4, 0.5) is 5.69 Å². The lowest BCUT2D eigenvalue weighted by Crippen LogP contribution is -1.93. The molecule has 1 aromatic heterocycles. The van der Waals surface area contributed by atoms with Crippen molar-refractivity contribution in [3.05, 3.63) is 21.1 Å². The molecule has 1 heterocycles. The molecule has 2 N–H and O–H groups in total. The average Bonchev–Trinajstić information content (AvgIpc) is 2.55. The standard InChI is InChI=1S/C10H10INOS/c1-2-13-8-4-3-7(12)10-9(8)6(11)5-14-10/h3-5H,2,12H2,1H3. The molecule has 0 aliphatic heterocycles. The van der Waals surface area contributed by atoms with Gasteiger partial charge >= 0.3 is 0 Å². The number of rotatable bonds is 2. The van der Waals surface area contributed by atoms with E-state index in [1.54, 1.807) is 11.3 Å². The molecule has 0 amide bonds. The lowest BCUT2D eigenvalue weighted by Gasteiger charge is -2.06. The van der Waals surface area contributed by atoms with Crippen LogP contribution in [0.5, 0.6) is 5.75 Å². The first-order valence-electron chi connectivity index (χ1n) is 4.32. The largest absolute Gasteiger partial charge is 0.493 e. The van der Waals surface area contributed by atoms with Crippen molar-refractivity contribution in [3.63, 3.8) is 0 Å². The molecule has 2 rings (SSSR count). The summed E-state index contributed by atoms with van der Waals surface area (Å²) in [6.45, 7) is 2.67. The number of thiophene rings is 1. The summed E-state index contributed by atoms with van der Waals surface area (Å²) in [5.74, 6) is 0.933. The van der Waals surface area contributed by atoms with Crippen LogP contribution in [0.15, 0.2) is 17.5 Å². The second-order valence-corrected chi connectivity index (χ2v) is 4.92. The van der Waals surface area contributed by atoms with Crippen molar-refractivity contribution < 1.29 is 4.74 Å². The van der Waals surface area contributed by atoms with E-state index in [4.69, 9.17) is 10.5 Å². The molecular weight excluding hydrogens is 309 g/mol. The van der Waals surface area contributed by atoms with Crippen LogP contribution in [0.25, 0.3) is 10.1 Å². The molecular formula is C10H10INOS. The molecule has 0 atom stereocenters. The van der Waals surface area contributed by atoms with Crippen LogP contribution in [-0.4, -0.2) is 6.61 Å². The molecule has 0 saturated heterocycles. The van der Waals surface area contributed by atoms with Gasteiger partial charge in [0, 0.05) is 20.0 Å². The van der Waals surface area contributed by atoms with Crippen molar-refractivity contribution in [3.8, 4) is 5.75 Å². The summed E-state index contributed by atoms with van der Waals surface area (Å²) in [6.07, 6.45) is 0. The maximum absolute atomic E-state index is 5.89. The van der Waals surface area contributed by atoms with Crippen molar-refractivity contribution >= 4 is 49.7 Å². The number of nitrogen functional groups attached to an aromatic ring is 1. The summed E-state index contributed by atoms with van der Waals surface area (Å²) in [6, 6.07) is 3.84. The Kier molecular flexibility index (Phi) is 2.83. The van der Waals surface area contributed by atoms with Gasteiger partial charge in [0.25, 0.3) is 0 Å². The second-order valence-electron chi connectivity index (χ2n) is 2.87. The molecule has 2 nitrogen and oxygen atoms in total. The monoisotopic (exact) mass is 319 g/mol. The van der Waals surface area contributed by atoms with Crippen LogP contribution in [0.2, 0.25) is 0 Å². The lowest BCUT2D eigenvalue weighted by molar-refractivity contribution is 0.344. The van der Waals surface area contributed by atoms with E-state index in [-0.39, 0.29) is 0 Å². The topological polar surface area (TPSA) is 35.2 Å². The first kappa shape index (κ1) is 10.0. The van der Waals surface area contributed by atoms with Gasteiger partial charge in [-0.25, -0.2) is 0 Å². The van der Waals surface area contributed by atoms with E-state index in [1.165, 1.54) is 3.57 Å². The van der Waals surface area contributed by atoms with Crippen LogP contribution in [0, 0.1) is 3.57 Å². The van der Waals surface area contributed by atoms with E-state index in [9.17, 15) is 0 Å². The number of benzene rings is 1. The Morgan fingerprint density at radius 2 is 2.29 bits per heavy atom. The molecule has 2 aromatic rings. The molecule has 0 unspecified atom stereocenters. The zero-order valence-electron chi connectivity index (χ0n) is 7.71. The Bertz CT molecular complexity index is 466. The van der Waals surface area contributed by atoms with E-state index in [2.05, 4.69) is 28.0 Å². The second kappa shape index (κ2) is 3.94. The third kappa shape index (κ3) is 1.56. The van der Waals surface area contributed by atoms with Crippen molar-refractivity contribution in [2.24, 2.45) is 0 Å². The number of hydrogen-bond acceptors (Lipinski definition) is 3. The fourth-order valence-electron chi connectivity index (χ4n) is 1.38.